The standard InChI is InChI=1S/C21H24N4O4/c1-13-19(14(2)29-24-13)20(27)28-12-18(26)22-17-11-16(21(3,4)5)23-25(17)15-9-7-6-8-10-15/h6-11H,12H2,1-5H3,(H,22,26). The van der Waals surface area contributed by atoms with Crippen molar-refractivity contribution in [2.45, 2.75) is 40.0 Å². The Bertz CT molecular complexity index is 1010. The van der Waals surface area contributed by atoms with Gasteiger partial charge in [0.1, 0.15) is 17.1 Å². The molecule has 0 atom stereocenters. The molecule has 0 spiro atoms. The van der Waals surface area contributed by atoms with Gasteiger partial charge in [0.15, 0.2) is 6.61 Å². The number of aromatic nitrogens is 3. The number of hydrogen-bond donors (Lipinski definition) is 1. The van der Waals surface area contributed by atoms with Crippen molar-refractivity contribution in [2.75, 3.05) is 11.9 Å². The first kappa shape index (κ1) is 20.3. The lowest BCUT2D eigenvalue weighted by Crippen LogP contribution is -2.22. The average molecular weight is 396 g/mol. The van der Waals surface area contributed by atoms with Gasteiger partial charge < -0.3 is 14.6 Å². The van der Waals surface area contributed by atoms with Gasteiger partial charge in [-0.2, -0.15) is 5.10 Å². The Morgan fingerprint density at radius 1 is 1.17 bits per heavy atom. The lowest BCUT2D eigenvalue weighted by atomic mass is 9.92. The van der Waals surface area contributed by atoms with Gasteiger partial charge in [0.2, 0.25) is 0 Å². The van der Waals surface area contributed by atoms with Gasteiger partial charge in [0.25, 0.3) is 5.91 Å². The van der Waals surface area contributed by atoms with E-state index in [-0.39, 0.29) is 11.0 Å². The third-order valence-corrected chi connectivity index (χ3v) is 4.32. The van der Waals surface area contributed by atoms with Gasteiger partial charge >= 0.3 is 5.97 Å². The van der Waals surface area contributed by atoms with Crippen LogP contribution < -0.4 is 5.32 Å². The summed E-state index contributed by atoms with van der Waals surface area (Å²) in [4.78, 5) is 24.6. The zero-order valence-corrected chi connectivity index (χ0v) is 17.1. The number of ether oxygens (including phenoxy) is 1. The molecule has 0 radical (unpaired) electrons. The smallest absolute Gasteiger partial charge is 0.344 e. The molecule has 152 valence electrons. The number of benzene rings is 1. The molecule has 8 heteroatoms. The first-order valence-corrected chi connectivity index (χ1v) is 9.22. The lowest BCUT2D eigenvalue weighted by molar-refractivity contribution is -0.119. The van der Waals surface area contributed by atoms with Gasteiger partial charge in [-0.3, -0.25) is 4.79 Å². The Balaban J connectivity index is 1.76. The molecular weight excluding hydrogens is 372 g/mol. The molecule has 0 aliphatic rings. The largest absolute Gasteiger partial charge is 0.452 e. The van der Waals surface area contributed by atoms with E-state index < -0.39 is 18.5 Å². The number of para-hydroxylation sites is 1. The molecule has 8 nitrogen and oxygen atoms in total. The molecule has 0 saturated heterocycles. The second-order valence-electron chi connectivity index (χ2n) is 7.74. The molecule has 2 heterocycles. The number of nitrogens with zero attached hydrogens (tertiary/aromatic N) is 3. The zero-order valence-electron chi connectivity index (χ0n) is 17.1. The second kappa shape index (κ2) is 7.90. The first-order valence-electron chi connectivity index (χ1n) is 9.22. The average Bonchev–Trinajstić information content (AvgIpc) is 3.24. The van der Waals surface area contributed by atoms with E-state index in [1.807, 2.05) is 57.2 Å². The molecule has 3 aromatic rings. The van der Waals surface area contributed by atoms with Crippen LogP contribution in [0.3, 0.4) is 0 Å². The van der Waals surface area contributed by atoms with Crippen molar-refractivity contribution in [3.63, 3.8) is 0 Å². The molecule has 2 aromatic heterocycles. The minimum absolute atomic E-state index is 0.199. The molecule has 0 aliphatic carbocycles. The number of esters is 1. The molecule has 0 unspecified atom stereocenters. The molecule has 29 heavy (non-hydrogen) atoms. The Hall–Kier alpha value is -3.42. The van der Waals surface area contributed by atoms with E-state index in [1.165, 1.54) is 0 Å². The molecule has 1 N–H and O–H groups in total. The normalized spacial score (nSPS) is 11.3. The Morgan fingerprint density at radius 2 is 1.86 bits per heavy atom. The van der Waals surface area contributed by atoms with Crippen LogP contribution in [0, 0.1) is 13.8 Å². The summed E-state index contributed by atoms with van der Waals surface area (Å²) < 4.78 is 11.7. The summed E-state index contributed by atoms with van der Waals surface area (Å²) in [7, 11) is 0. The van der Waals surface area contributed by atoms with Crippen molar-refractivity contribution in [3.8, 4) is 5.69 Å². The summed E-state index contributed by atoms with van der Waals surface area (Å²) in [6.45, 7) is 8.95. The predicted octanol–water partition coefficient (Wildman–Crippen LogP) is 3.57. The maximum atomic E-state index is 12.4. The molecule has 0 fully saturated rings. The molecular formula is C21H24N4O4. The topological polar surface area (TPSA) is 99.2 Å². The van der Waals surface area contributed by atoms with Gasteiger partial charge in [0.05, 0.1) is 17.1 Å². The number of hydrogen-bond acceptors (Lipinski definition) is 6. The van der Waals surface area contributed by atoms with Crippen LogP contribution in [-0.2, 0) is 14.9 Å². The second-order valence-corrected chi connectivity index (χ2v) is 7.74. The molecule has 0 aliphatic heterocycles. The summed E-state index contributed by atoms with van der Waals surface area (Å²) in [5.41, 5.74) is 2.09. The van der Waals surface area contributed by atoms with Crippen LogP contribution in [0.5, 0.6) is 0 Å². The fraction of sp³-hybridized carbons (Fsp3) is 0.333. The van der Waals surface area contributed by atoms with E-state index in [0.717, 1.165) is 11.4 Å². The highest BCUT2D eigenvalue weighted by atomic mass is 16.5. The SMILES string of the molecule is Cc1noc(C)c1C(=O)OCC(=O)Nc1cc(C(C)(C)C)nn1-c1ccccc1. The van der Waals surface area contributed by atoms with Gasteiger partial charge in [-0.15, -0.1) is 0 Å². The number of anilines is 1. The zero-order chi connectivity index (χ0) is 21.2. The van der Waals surface area contributed by atoms with Crippen molar-refractivity contribution in [1.29, 1.82) is 0 Å². The minimum atomic E-state index is -0.650. The number of rotatable bonds is 5. The lowest BCUT2D eigenvalue weighted by Gasteiger charge is -2.14. The van der Waals surface area contributed by atoms with E-state index in [0.29, 0.717) is 17.3 Å². The highest BCUT2D eigenvalue weighted by Crippen LogP contribution is 2.26. The number of amides is 1. The highest BCUT2D eigenvalue weighted by molar-refractivity contribution is 5.96. The predicted molar refractivity (Wildman–Crippen MR) is 107 cm³/mol. The van der Waals surface area contributed by atoms with Crippen molar-refractivity contribution >= 4 is 17.7 Å². The minimum Gasteiger partial charge on any atom is -0.452 e. The van der Waals surface area contributed by atoms with Gasteiger partial charge in [-0.1, -0.05) is 44.1 Å². The van der Waals surface area contributed by atoms with Gasteiger partial charge in [-0.05, 0) is 26.0 Å². The maximum absolute atomic E-state index is 12.4. The number of carbonyl (C=O) groups excluding carboxylic acids is 2. The quantitative estimate of drug-likeness (QED) is 0.662. The summed E-state index contributed by atoms with van der Waals surface area (Å²) in [6.07, 6.45) is 0. The molecule has 0 bridgehead atoms. The third-order valence-electron chi connectivity index (χ3n) is 4.32. The summed E-state index contributed by atoms with van der Waals surface area (Å²) in [5.74, 6) is -0.268. The van der Waals surface area contributed by atoms with E-state index in [1.54, 1.807) is 18.5 Å². The fourth-order valence-electron chi connectivity index (χ4n) is 2.76. The number of carbonyl (C=O) groups is 2. The van der Waals surface area contributed by atoms with E-state index >= 15 is 0 Å². The Kier molecular flexibility index (Phi) is 5.54. The summed E-state index contributed by atoms with van der Waals surface area (Å²) in [5, 5.41) is 11.1. The first-order chi connectivity index (χ1) is 13.7. The van der Waals surface area contributed by atoms with Gasteiger partial charge in [-0.25, -0.2) is 9.48 Å². The van der Waals surface area contributed by atoms with Crippen molar-refractivity contribution in [1.82, 2.24) is 14.9 Å². The van der Waals surface area contributed by atoms with Crippen LogP contribution in [0.2, 0.25) is 0 Å². The van der Waals surface area contributed by atoms with Crippen molar-refractivity contribution < 1.29 is 18.8 Å². The molecule has 1 aromatic carbocycles. The Morgan fingerprint density at radius 3 is 2.45 bits per heavy atom. The van der Waals surface area contributed by atoms with Gasteiger partial charge in [0, 0.05) is 11.5 Å². The summed E-state index contributed by atoms with van der Waals surface area (Å²) in [6, 6.07) is 11.3. The van der Waals surface area contributed by atoms with Crippen LogP contribution in [-0.4, -0.2) is 33.4 Å². The Labute approximate surface area is 168 Å². The van der Waals surface area contributed by atoms with Crippen LogP contribution in [0.15, 0.2) is 40.9 Å². The monoisotopic (exact) mass is 396 g/mol. The van der Waals surface area contributed by atoms with E-state index in [9.17, 15) is 9.59 Å². The van der Waals surface area contributed by atoms with Crippen molar-refractivity contribution in [3.05, 3.63) is 59.1 Å². The van der Waals surface area contributed by atoms with Crippen molar-refractivity contribution in [2.24, 2.45) is 0 Å². The molecule has 1 amide bonds. The van der Waals surface area contributed by atoms with Crippen LogP contribution in [0.25, 0.3) is 5.69 Å². The van der Waals surface area contributed by atoms with E-state index in [4.69, 9.17) is 9.26 Å². The highest BCUT2D eigenvalue weighted by Gasteiger charge is 2.23. The summed E-state index contributed by atoms with van der Waals surface area (Å²) >= 11 is 0. The van der Waals surface area contributed by atoms with Crippen LogP contribution in [0.1, 0.15) is 48.3 Å². The fourth-order valence-corrected chi connectivity index (χ4v) is 2.76. The van der Waals surface area contributed by atoms with Crippen LogP contribution in [0.4, 0.5) is 5.82 Å². The third kappa shape index (κ3) is 4.53. The van der Waals surface area contributed by atoms with Crippen LogP contribution >= 0.6 is 0 Å². The number of aryl methyl sites for hydroxylation is 2. The number of nitrogens with one attached hydrogen (secondary N) is 1. The molecule has 3 rings (SSSR count). The molecule has 0 saturated carbocycles. The van der Waals surface area contributed by atoms with E-state index in [2.05, 4.69) is 15.6 Å². The maximum Gasteiger partial charge on any atom is 0.344 e.